The Labute approximate surface area is 178 Å². The third kappa shape index (κ3) is 5.45. The van der Waals surface area contributed by atoms with E-state index >= 15 is 0 Å². The maximum Gasteiger partial charge on any atom is 0.273 e. The maximum atomic E-state index is 13.2. The zero-order chi connectivity index (χ0) is 22.2. The van der Waals surface area contributed by atoms with E-state index in [1.165, 1.54) is 38.6 Å². The molecule has 158 valence electrons. The van der Waals surface area contributed by atoms with Crippen LogP contribution in [0.25, 0.3) is 0 Å². The largest absolute Gasteiger partial charge is 0.493 e. The van der Waals surface area contributed by atoms with Crippen molar-refractivity contribution in [3.8, 4) is 11.5 Å². The highest BCUT2D eigenvalue weighted by atomic mass is 19.1. The van der Waals surface area contributed by atoms with Crippen LogP contribution in [0, 0.1) is 5.82 Å². The van der Waals surface area contributed by atoms with Crippen molar-refractivity contribution in [2.75, 3.05) is 19.5 Å². The number of para-hydroxylation sites is 1. The van der Waals surface area contributed by atoms with Gasteiger partial charge in [0.25, 0.3) is 11.8 Å². The normalized spacial score (nSPS) is 10.5. The molecule has 3 aromatic rings. The third-order valence-corrected chi connectivity index (χ3v) is 4.29. The molecule has 0 saturated carbocycles. The summed E-state index contributed by atoms with van der Waals surface area (Å²) in [5, 5.41) is 6.56. The Bertz CT molecular complexity index is 1130. The van der Waals surface area contributed by atoms with E-state index in [9.17, 15) is 14.0 Å². The summed E-state index contributed by atoms with van der Waals surface area (Å²) in [5.41, 5.74) is 3.72. The number of halogens is 1. The molecule has 0 aliphatic heterocycles. The van der Waals surface area contributed by atoms with Crippen LogP contribution in [-0.4, -0.2) is 32.2 Å². The Morgan fingerprint density at radius 2 is 1.68 bits per heavy atom. The second kappa shape index (κ2) is 10.0. The van der Waals surface area contributed by atoms with Crippen LogP contribution in [-0.2, 0) is 0 Å². The summed E-state index contributed by atoms with van der Waals surface area (Å²) in [5.74, 6) is -0.457. The average Bonchev–Trinajstić information content (AvgIpc) is 2.78. The van der Waals surface area contributed by atoms with Gasteiger partial charge < -0.3 is 14.8 Å². The van der Waals surface area contributed by atoms with Gasteiger partial charge in [-0.15, -0.1) is 0 Å². The van der Waals surface area contributed by atoms with Gasteiger partial charge in [0.05, 0.1) is 31.7 Å². The van der Waals surface area contributed by atoms with Crippen molar-refractivity contribution >= 4 is 23.7 Å². The predicted octanol–water partition coefficient (Wildman–Crippen LogP) is 3.86. The molecule has 0 unspecified atom stereocenters. The SMILES string of the molecule is COc1ccc(C(=O)Nc2ccccc2C(=O)N/N=C/c2cccc(F)c2)cc1OC. The van der Waals surface area contributed by atoms with Crippen molar-refractivity contribution in [3.63, 3.8) is 0 Å². The Kier molecular flexibility index (Phi) is 6.95. The Balaban J connectivity index is 1.74. The van der Waals surface area contributed by atoms with Gasteiger partial charge in [-0.3, -0.25) is 9.59 Å². The van der Waals surface area contributed by atoms with Crippen molar-refractivity contribution in [3.05, 3.63) is 89.2 Å². The highest BCUT2D eigenvalue weighted by Gasteiger charge is 2.15. The summed E-state index contributed by atoms with van der Waals surface area (Å²) in [7, 11) is 2.98. The number of hydrogen-bond acceptors (Lipinski definition) is 5. The number of benzene rings is 3. The van der Waals surface area contributed by atoms with Crippen LogP contribution in [0.1, 0.15) is 26.3 Å². The molecule has 0 aliphatic carbocycles. The average molecular weight is 421 g/mol. The molecule has 2 amide bonds. The van der Waals surface area contributed by atoms with Crippen LogP contribution in [0.4, 0.5) is 10.1 Å². The standard InChI is InChI=1S/C23H20FN3O4/c1-30-20-11-10-16(13-21(20)31-2)22(28)26-19-9-4-3-8-18(19)23(29)27-25-14-15-6-5-7-17(24)12-15/h3-14H,1-2H3,(H,26,28)(H,27,29)/b25-14+. The fourth-order valence-electron chi connectivity index (χ4n) is 2.77. The number of carbonyl (C=O) groups excluding carboxylic acids is 2. The van der Waals surface area contributed by atoms with Crippen molar-refractivity contribution in [1.29, 1.82) is 0 Å². The molecule has 2 N–H and O–H groups in total. The van der Waals surface area contributed by atoms with Crippen molar-refractivity contribution in [2.24, 2.45) is 5.10 Å². The number of anilines is 1. The summed E-state index contributed by atoms with van der Waals surface area (Å²) in [4.78, 5) is 25.2. The van der Waals surface area contributed by atoms with Crippen molar-refractivity contribution in [2.45, 2.75) is 0 Å². The lowest BCUT2D eigenvalue weighted by Crippen LogP contribution is -2.21. The highest BCUT2D eigenvalue weighted by Crippen LogP contribution is 2.28. The van der Waals surface area contributed by atoms with E-state index in [-0.39, 0.29) is 5.56 Å². The minimum absolute atomic E-state index is 0.215. The number of carbonyl (C=O) groups is 2. The maximum absolute atomic E-state index is 13.2. The van der Waals surface area contributed by atoms with Gasteiger partial charge in [-0.05, 0) is 48.0 Å². The van der Waals surface area contributed by atoms with Gasteiger partial charge in [-0.25, -0.2) is 9.82 Å². The highest BCUT2D eigenvalue weighted by molar-refractivity contribution is 6.09. The number of hydrazone groups is 1. The van der Waals surface area contributed by atoms with E-state index in [0.29, 0.717) is 28.3 Å². The molecule has 7 nitrogen and oxygen atoms in total. The van der Waals surface area contributed by atoms with Gasteiger partial charge in [-0.1, -0.05) is 24.3 Å². The molecule has 31 heavy (non-hydrogen) atoms. The Hall–Kier alpha value is -4.20. The summed E-state index contributed by atoms with van der Waals surface area (Å²) < 4.78 is 23.6. The summed E-state index contributed by atoms with van der Waals surface area (Å²) in [6.45, 7) is 0. The molecular weight excluding hydrogens is 401 g/mol. The van der Waals surface area contributed by atoms with Crippen molar-refractivity contribution < 1.29 is 23.5 Å². The van der Waals surface area contributed by atoms with E-state index in [1.54, 1.807) is 48.5 Å². The topological polar surface area (TPSA) is 89.0 Å². The summed E-state index contributed by atoms with van der Waals surface area (Å²) >= 11 is 0. The first-order valence-corrected chi connectivity index (χ1v) is 9.23. The van der Waals surface area contributed by atoms with Crippen LogP contribution in [0.2, 0.25) is 0 Å². The lowest BCUT2D eigenvalue weighted by atomic mass is 10.1. The molecule has 0 spiro atoms. The lowest BCUT2D eigenvalue weighted by Gasteiger charge is -2.12. The monoisotopic (exact) mass is 421 g/mol. The first-order chi connectivity index (χ1) is 15.0. The number of ether oxygens (including phenoxy) is 2. The molecule has 0 fully saturated rings. The molecule has 8 heteroatoms. The Morgan fingerprint density at radius 3 is 2.42 bits per heavy atom. The van der Waals surface area contributed by atoms with Crippen LogP contribution < -0.4 is 20.2 Å². The molecular formula is C23H20FN3O4. The molecule has 0 aromatic heterocycles. The van der Waals surface area contributed by atoms with Gasteiger partial charge in [0, 0.05) is 5.56 Å². The quantitative estimate of drug-likeness (QED) is 0.448. The van der Waals surface area contributed by atoms with Gasteiger partial charge in [0.1, 0.15) is 5.82 Å². The number of hydrogen-bond donors (Lipinski definition) is 2. The molecule has 3 aromatic carbocycles. The minimum Gasteiger partial charge on any atom is -0.493 e. The molecule has 0 heterocycles. The zero-order valence-corrected chi connectivity index (χ0v) is 16.9. The molecule has 0 atom stereocenters. The second-order valence-corrected chi connectivity index (χ2v) is 6.32. The first kappa shape index (κ1) is 21.5. The van der Waals surface area contributed by atoms with Gasteiger partial charge in [0.15, 0.2) is 11.5 Å². The smallest absolute Gasteiger partial charge is 0.273 e. The van der Waals surface area contributed by atoms with Gasteiger partial charge in [-0.2, -0.15) is 5.10 Å². The van der Waals surface area contributed by atoms with E-state index in [1.807, 2.05) is 0 Å². The number of methoxy groups -OCH3 is 2. The Morgan fingerprint density at radius 1 is 0.903 bits per heavy atom. The van der Waals surface area contributed by atoms with E-state index in [4.69, 9.17) is 9.47 Å². The second-order valence-electron chi connectivity index (χ2n) is 6.32. The molecule has 0 bridgehead atoms. The van der Waals surface area contributed by atoms with Crippen molar-refractivity contribution in [1.82, 2.24) is 5.43 Å². The van der Waals surface area contributed by atoms with E-state index in [2.05, 4.69) is 15.8 Å². The minimum atomic E-state index is -0.532. The van der Waals surface area contributed by atoms with E-state index < -0.39 is 17.6 Å². The zero-order valence-electron chi connectivity index (χ0n) is 16.9. The van der Waals surface area contributed by atoms with Crippen LogP contribution in [0.5, 0.6) is 11.5 Å². The third-order valence-electron chi connectivity index (χ3n) is 4.29. The lowest BCUT2D eigenvalue weighted by molar-refractivity contribution is 0.0956. The molecule has 0 radical (unpaired) electrons. The number of rotatable bonds is 7. The predicted molar refractivity (Wildman–Crippen MR) is 115 cm³/mol. The number of nitrogens with one attached hydrogen (secondary N) is 2. The first-order valence-electron chi connectivity index (χ1n) is 9.23. The molecule has 3 rings (SSSR count). The fourth-order valence-corrected chi connectivity index (χ4v) is 2.77. The summed E-state index contributed by atoms with van der Waals surface area (Å²) in [6, 6.07) is 17.0. The van der Waals surface area contributed by atoms with Gasteiger partial charge >= 0.3 is 0 Å². The number of nitrogens with zero attached hydrogens (tertiary/aromatic N) is 1. The fraction of sp³-hybridized carbons (Fsp3) is 0.0870. The van der Waals surface area contributed by atoms with E-state index in [0.717, 1.165) is 0 Å². The van der Waals surface area contributed by atoms with Crippen LogP contribution >= 0.6 is 0 Å². The van der Waals surface area contributed by atoms with Gasteiger partial charge in [0.2, 0.25) is 0 Å². The summed E-state index contributed by atoms with van der Waals surface area (Å²) in [6.07, 6.45) is 1.33. The molecule has 0 saturated heterocycles. The van der Waals surface area contributed by atoms with Crippen LogP contribution in [0.3, 0.4) is 0 Å². The number of amides is 2. The van der Waals surface area contributed by atoms with Crippen LogP contribution in [0.15, 0.2) is 71.8 Å². The molecule has 0 aliphatic rings.